The van der Waals surface area contributed by atoms with E-state index in [4.69, 9.17) is 0 Å². The predicted octanol–water partition coefficient (Wildman–Crippen LogP) is 2.42. The fourth-order valence-electron chi connectivity index (χ4n) is 2.56. The molecule has 2 fully saturated rings. The SMILES string of the molecule is CC1C(=O)N(Cc2ccc(C(F)(F)F)cn2)C(=O)N1C1CC1. The van der Waals surface area contributed by atoms with Crippen LogP contribution in [0.25, 0.3) is 0 Å². The van der Waals surface area contributed by atoms with Crippen LogP contribution in [-0.4, -0.2) is 38.8 Å². The van der Waals surface area contributed by atoms with Gasteiger partial charge in [0.1, 0.15) is 6.04 Å². The van der Waals surface area contributed by atoms with Crippen molar-refractivity contribution in [2.75, 3.05) is 0 Å². The molecule has 0 spiro atoms. The normalized spacial score (nSPS) is 22.6. The first-order valence-electron chi connectivity index (χ1n) is 6.95. The number of carbonyl (C=O) groups excluding carboxylic acids is 2. The zero-order chi connectivity index (χ0) is 16.1. The van der Waals surface area contributed by atoms with Crippen LogP contribution in [0, 0.1) is 0 Å². The fraction of sp³-hybridized carbons (Fsp3) is 0.500. The van der Waals surface area contributed by atoms with Gasteiger partial charge in [-0.25, -0.2) is 4.79 Å². The topological polar surface area (TPSA) is 53.5 Å². The molecule has 0 radical (unpaired) electrons. The second-order valence-electron chi connectivity index (χ2n) is 5.56. The first kappa shape index (κ1) is 14.8. The number of hydrogen-bond donors (Lipinski definition) is 0. The van der Waals surface area contributed by atoms with Crippen LogP contribution in [0.3, 0.4) is 0 Å². The minimum absolute atomic E-state index is 0.108. The van der Waals surface area contributed by atoms with E-state index in [0.29, 0.717) is 6.20 Å². The minimum atomic E-state index is -4.46. The van der Waals surface area contributed by atoms with E-state index in [1.165, 1.54) is 6.07 Å². The van der Waals surface area contributed by atoms with E-state index < -0.39 is 17.8 Å². The van der Waals surface area contributed by atoms with Gasteiger partial charge in [-0.2, -0.15) is 13.2 Å². The highest BCUT2D eigenvalue weighted by atomic mass is 19.4. The first-order valence-corrected chi connectivity index (χ1v) is 6.95. The molecule has 0 bridgehead atoms. The number of imide groups is 1. The van der Waals surface area contributed by atoms with Gasteiger partial charge in [-0.05, 0) is 31.9 Å². The van der Waals surface area contributed by atoms with Gasteiger partial charge in [0.15, 0.2) is 0 Å². The maximum atomic E-state index is 12.5. The number of amides is 3. The molecule has 1 saturated carbocycles. The molecule has 1 unspecified atom stereocenters. The molecule has 0 aromatic carbocycles. The van der Waals surface area contributed by atoms with Crippen LogP contribution in [0.2, 0.25) is 0 Å². The zero-order valence-electron chi connectivity index (χ0n) is 11.8. The lowest BCUT2D eigenvalue weighted by Gasteiger charge is -2.18. The number of carbonyl (C=O) groups is 2. The van der Waals surface area contributed by atoms with E-state index in [1.54, 1.807) is 11.8 Å². The summed E-state index contributed by atoms with van der Waals surface area (Å²) in [6.07, 6.45) is -1.98. The van der Waals surface area contributed by atoms with E-state index in [1.807, 2.05) is 0 Å². The maximum absolute atomic E-state index is 12.5. The third-order valence-electron chi connectivity index (χ3n) is 3.90. The summed E-state index contributed by atoms with van der Waals surface area (Å²) < 4.78 is 37.4. The number of urea groups is 1. The highest BCUT2D eigenvalue weighted by Crippen LogP contribution is 2.34. The number of nitrogens with zero attached hydrogens (tertiary/aromatic N) is 3. The molecule has 1 atom stereocenters. The Balaban J connectivity index is 1.75. The molecule has 3 amide bonds. The fourth-order valence-corrected chi connectivity index (χ4v) is 2.56. The number of pyridine rings is 1. The molecule has 1 aliphatic carbocycles. The summed E-state index contributed by atoms with van der Waals surface area (Å²) in [5, 5.41) is 0. The lowest BCUT2D eigenvalue weighted by molar-refractivity contribution is -0.138. The van der Waals surface area contributed by atoms with Gasteiger partial charge < -0.3 is 4.90 Å². The molecule has 5 nitrogen and oxygen atoms in total. The summed E-state index contributed by atoms with van der Waals surface area (Å²) in [5.74, 6) is -0.335. The molecule has 118 valence electrons. The molecule has 1 aromatic rings. The van der Waals surface area contributed by atoms with Crippen LogP contribution >= 0.6 is 0 Å². The van der Waals surface area contributed by atoms with Crippen molar-refractivity contribution < 1.29 is 22.8 Å². The van der Waals surface area contributed by atoms with Crippen molar-refractivity contribution >= 4 is 11.9 Å². The highest BCUT2D eigenvalue weighted by molar-refractivity contribution is 6.04. The van der Waals surface area contributed by atoms with Crippen molar-refractivity contribution in [1.82, 2.24) is 14.8 Å². The standard InChI is InChI=1S/C14H14F3N3O2/c1-8-12(21)19(13(22)20(8)11-4-5-11)7-10-3-2-9(6-18-10)14(15,16)17/h2-3,6,8,11H,4-5,7H2,1H3. The molecule has 8 heteroatoms. The Morgan fingerprint density at radius 1 is 1.27 bits per heavy atom. The average molecular weight is 313 g/mol. The molecule has 0 N–H and O–H groups in total. The number of hydrogen-bond acceptors (Lipinski definition) is 3. The summed E-state index contributed by atoms with van der Waals surface area (Å²) in [4.78, 5) is 30.7. The predicted molar refractivity (Wildman–Crippen MR) is 69.5 cm³/mol. The second-order valence-corrected chi connectivity index (χ2v) is 5.56. The number of halogens is 3. The van der Waals surface area contributed by atoms with Crippen molar-refractivity contribution in [3.05, 3.63) is 29.6 Å². The van der Waals surface area contributed by atoms with E-state index >= 15 is 0 Å². The Hall–Kier alpha value is -2.12. The lowest BCUT2D eigenvalue weighted by Crippen LogP contribution is -2.35. The van der Waals surface area contributed by atoms with Crippen LogP contribution in [0.15, 0.2) is 18.3 Å². The monoisotopic (exact) mass is 313 g/mol. The van der Waals surface area contributed by atoms with Gasteiger partial charge in [-0.1, -0.05) is 0 Å². The van der Waals surface area contributed by atoms with E-state index in [0.717, 1.165) is 23.8 Å². The van der Waals surface area contributed by atoms with Crippen molar-refractivity contribution in [2.45, 2.75) is 44.6 Å². The molecule has 1 aliphatic heterocycles. The van der Waals surface area contributed by atoms with E-state index in [-0.39, 0.29) is 30.2 Å². The Morgan fingerprint density at radius 2 is 1.95 bits per heavy atom. The van der Waals surface area contributed by atoms with Gasteiger partial charge in [-0.15, -0.1) is 0 Å². The molecule has 2 heterocycles. The maximum Gasteiger partial charge on any atom is 0.417 e. The van der Waals surface area contributed by atoms with Crippen molar-refractivity contribution in [1.29, 1.82) is 0 Å². The second kappa shape index (κ2) is 4.96. The quantitative estimate of drug-likeness (QED) is 0.805. The minimum Gasteiger partial charge on any atom is -0.310 e. The Morgan fingerprint density at radius 3 is 2.45 bits per heavy atom. The van der Waals surface area contributed by atoms with Gasteiger partial charge in [0.05, 0.1) is 17.8 Å². The van der Waals surface area contributed by atoms with Gasteiger partial charge in [-0.3, -0.25) is 14.7 Å². The van der Waals surface area contributed by atoms with Crippen LogP contribution in [0.5, 0.6) is 0 Å². The van der Waals surface area contributed by atoms with Gasteiger partial charge in [0.25, 0.3) is 5.91 Å². The molecule has 1 saturated heterocycles. The van der Waals surface area contributed by atoms with Crippen LogP contribution in [0.1, 0.15) is 31.0 Å². The Labute approximate surface area is 124 Å². The summed E-state index contributed by atoms with van der Waals surface area (Å²) in [7, 11) is 0. The number of alkyl halides is 3. The van der Waals surface area contributed by atoms with Crippen LogP contribution in [0.4, 0.5) is 18.0 Å². The summed E-state index contributed by atoms with van der Waals surface area (Å²) in [6.45, 7) is 1.56. The highest BCUT2D eigenvalue weighted by Gasteiger charge is 2.48. The molecule has 3 rings (SSSR count). The Kier molecular flexibility index (Phi) is 3.34. The van der Waals surface area contributed by atoms with Crippen LogP contribution < -0.4 is 0 Å². The molecule has 1 aromatic heterocycles. The van der Waals surface area contributed by atoms with Gasteiger partial charge in [0, 0.05) is 12.2 Å². The third kappa shape index (κ3) is 2.53. The van der Waals surface area contributed by atoms with Crippen molar-refractivity contribution in [2.24, 2.45) is 0 Å². The van der Waals surface area contributed by atoms with Gasteiger partial charge >= 0.3 is 12.2 Å². The van der Waals surface area contributed by atoms with Gasteiger partial charge in [0.2, 0.25) is 0 Å². The van der Waals surface area contributed by atoms with Crippen LogP contribution in [-0.2, 0) is 17.5 Å². The smallest absolute Gasteiger partial charge is 0.310 e. The lowest BCUT2D eigenvalue weighted by atomic mass is 10.2. The van der Waals surface area contributed by atoms with Crippen molar-refractivity contribution in [3.8, 4) is 0 Å². The van der Waals surface area contributed by atoms with E-state index in [2.05, 4.69) is 4.98 Å². The zero-order valence-corrected chi connectivity index (χ0v) is 11.8. The molecule has 22 heavy (non-hydrogen) atoms. The molecule has 2 aliphatic rings. The summed E-state index contributed by atoms with van der Waals surface area (Å²) in [5.41, 5.74) is -0.608. The number of aromatic nitrogens is 1. The first-order chi connectivity index (χ1) is 10.3. The molecular formula is C14H14F3N3O2. The number of rotatable bonds is 3. The summed E-state index contributed by atoms with van der Waals surface area (Å²) >= 11 is 0. The third-order valence-corrected chi connectivity index (χ3v) is 3.90. The van der Waals surface area contributed by atoms with E-state index in [9.17, 15) is 22.8 Å². The molecular weight excluding hydrogens is 299 g/mol. The largest absolute Gasteiger partial charge is 0.417 e. The summed E-state index contributed by atoms with van der Waals surface area (Å²) in [6, 6.07) is 1.29. The van der Waals surface area contributed by atoms with Crippen molar-refractivity contribution in [3.63, 3.8) is 0 Å². The Bertz CT molecular complexity index is 611. The average Bonchev–Trinajstić information content (AvgIpc) is 3.25.